The van der Waals surface area contributed by atoms with Gasteiger partial charge in [-0.25, -0.2) is 17.7 Å². The molecule has 0 bridgehead atoms. The van der Waals surface area contributed by atoms with E-state index in [1.54, 1.807) is 0 Å². The predicted molar refractivity (Wildman–Crippen MR) is 91.1 cm³/mol. The van der Waals surface area contributed by atoms with Crippen LogP contribution in [-0.4, -0.2) is 46.6 Å². The van der Waals surface area contributed by atoms with Crippen molar-refractivity contribution in [1.29, 1.82) is 0 Å². The van der Waals surface area contributed by atoms with Crippen LogP contribution in [0.4, 0.5) is 19.1 Å². The first-order valence-electron chi connectivity index (χ1n) is 7.81. The molecule has 3 heterocycles. The van der Waals surface area contributed by atoms with Gasteiger partial charge in [0.05, 0.1) is 17.2 Å². The molecule has 0 spiro atoms. The molecule has 0 atom stereocenters. The van der Waals surface area contributed by atoms with E-state index in [0.29, 0.717) is 25.9 Å². The zero-order chi connectivity index (χ0) is 19.3. The summed E-state index contributed by atoms with van der Waals surface area (Å²) in [6, 6.07) is 0. The predicted octanol–water partition coefficient (Wildman–Crippen LogP) is 2.36. The molecule has 26 heavy (non-hydrogen) atoms. The lowest BCUT2D eigenvalue weighted by Crippen LogP contribution is -2.38. The number of nitrogens with two attached hydrogens (primary N) is 1. The van der Waals surface area contributed by atoms with E-state index in [1.807, 2.05) is 0 Å². The number of aromatic nitrogens is 3. The Bertz CT molecular complexity index is 936. The standard InChI is InChI=1S/C14H17ClF3N5O2S/c1-26(24,25)23-4-2-8(3-5-23)6-22-7-9(14(16,17)18)10-11(15)20-13(19)21-12(10)22/h7-8H,2-6H2,1H3,(H2,19,20,21). The lowest BCUT2D eigenvalue weighted by Gasteiger charge is -2.30. The van der Waals surface area contributed by atoms with Crippen LogP contribution in [0.3, 0.4) is 0 Å². The Balaban J connectivity index is 1.92. The molecule has 0 aromatic carbocycles. The highest BCUT2D eigenvalue weighted by Crippen LogP contribution is 2.39. The molecule has 2 aromatic heterocycles. The molecular formula is C14H17ClF3N5O2S. The van der Waals surface area contributed by atoms with Gasteiger partial charge in [0.1, 0.15) is 10.8 Å². The molecular weight excluding hydrogens is 395 g/mol. The van der Waals surface area contributed by atoms with Gasteiger partial charge in [0, 0.05) is 25.8 Å². The second kappa shape index (κ2) is 6.54. The van der Waals surface area contributed by atoms with Gasteiger partial charge in [0.25, 0.3) is 0 Å². The van der Waals surface area contributed by atoms with Gasteiger partial charge in [-0.3, -0.25) is 0 Å². The van der Waals surface area contributed by atoms with Gasteiger partial charge in [-0.15, -0.1) is 0 Å². The van der Waals surface area contributed by atoms with Crippen molar-refractivity contribution < 1.29 is 21.6 Å². The largest absolute Gasteiger partial charge is 0.418 e. The molecule has 1 aliphatic heterocycles. The van der Waals surface area contributed by atoms with E-state index >= 15 is 0 Å². The molecule has 2 N–H and O–H groups in total. The number of rotatable bonds is 3. The first kappa shape index (κ1) is 19.2. The van der Waals surface area contributed by atoms with Crippen LogP contribution in [-0.2, 0) is 22.7 Å². The second-order valence-electron chi connectivity index (χ2n) is 6.37. The number of piperidine rings is 1. The fourth-order valence-electron chi connectivity index (χ4n) is 3.21. The zero-order valence-electron chi connectivity index (χ0n) is 13.8. The molecule has 3 rings (SSSR count). The Morgan fingerprint density at radius 3 is 2.46 bits per heavy atom. The van der Waals surface area contributed by atoms with E-state index in [-0.39, 0.29) is 34.6 Å². The summed E-state index contributed by atoms with van der Waals surface area (Å²) in [5.41, 5.74) is 4.65. The molecule has 0 radical (unpaired) electrons. The minimum Gasteiger partial charge on any atom is -0.368 e. The van der Waals surface area contributed by atoms with Gasteiger partial charge in [0.2, 0.25) is 16.0 Å². The maximum Gasteiger partial charge on any atom is 0.418 e. The minimum atomic E-state index is -4.60. The van der Waals surface area contributed by atoms with Crippen molar-refractivity contribution in [3.05, 3.63) is 16.9 Å². The van der Waals surface area contributed by atoms with Crippen LogP contribution >= 0.6 is 11.6 Å². The summed E-state index contributed by atoms with van der Waals surface area (Å²) in [4.78, 5) is 7.55. The maximum atomic E-state index is 13.3. The fraction of sp³-hybridized carbons (Fsp3) is 0.571. The smallest absolute Gasteiger partial charge is 0.368 e. The Hall–Kier alpha value is -1.59. The van der Waals surface area contributed by atoms with Gasteiger partial charge < -0.3 is 10.3 Å². The normalized spacial score (nSPS) is 17.9. The van der Waals surface area contributed by atoms with Crippen molar-refractivity contribution in [2.24, 2.45) is 5.92 Å². The van der Waals surface area contributed by atoms with Crippen molar-refractivity contribution in [3.8, 4) is 0 Å². The van der Waals surface area contributed by atoms with E-state index in [4.69, 9.17) is 17.3 Å². The molecule has 1 saturated heterocycles. The number of hydrogen-bond acceptors (Lipinski definition) is 5. The van der Waals surface area contributed by atoms with Gasteiger partial charge in [-0.1, -0.05) is 11.6 Å². The monoisotopic (exact) mass is 411 g/mol. The lowest BCUT2D eigenvalue weighted by atomic mass is 9.98. The zero-order valence-corrected chi connectivity index (χ0v) is 15.4. The molecule has 1 fully saturated rings. The topological polar surface area (TPSA) is 94.1 Å². The number of nitrogens with zero attached hydrogens (tertiary/aromatic N) is 4. The van der Waals surface area contributed by atoms with Crippen molar-refractivity contribution in [3.63, 3.8) is 0 Å². The van der Waals surface area contributed by atoms with Crippen LogP contribution in [0.5, 0.6) is 0 Å². The Morgan fingerprint density at radius 1 is 1.31 bits per heavy atom. The highest BCUT2D eigenvalue weighted by atomic mass is 35.5. The SMILES string of the molecule is CS(=O)(=O)N1CCC(Cn2cc(C(F)(F)F)c3c(Cl)nc(N)nc32)CC1. The molecule has 7 nitrogen and oxygen atoms in total. The summed E-state index contributed by atoms with van der Waals surface area (Å²) >= 11 is 5.88. The van der Waals surface area contributed by atoms with Gasteiger partial charge in [-0.05, 0) is 18.8 Å². The molecule has 0 unspecified atom stereocenters. The highest BCUT2D eigenvalue weighted by Gasteiger charge is 2.37. The van der Waals surface area contributed by atoms with Crippen LogP contribution in [0.25, 0.3) is 11.0 Å². The molecule has 1 aliphatic rings. The van der Waals surface area contributed by atoms with Crippen LogP contribution in [0, 0.1) is 5.92 Å². The van der Waals surface area contributed by atoms with Crippen LogP contribution in [0.15, 0.2) is 6.20 Å². The number of hydrogen-bond donors (Lipinski definition) is 1. The fourth-order valence-corrected chi connectivity index (χ4v) is 4.36. The summed E-state index contributed by atoms with van der Waals surface area (Å²) in [7, 11) is -3.26. The third-order valence-electron chi connectivity index (χ3n) is 4.49. The summed E-state index contributed by atoms with van der Waals surface area (Å²) in [5, 5.41) is -0.618. The third-order valence-corrected chi connectivity index (χ3v) is 6.07. The molecule has 0 amide bonds. The Morgan fingerprint density at radius 2 is 1.92 bits per heavy atom. The minimum absolute atomic E-state index is 0.0136. The van der Waals surface area contributed by atoms with Gasteiger partial charge >= 0.3 is 6.18 Å². The van der Waals surface area contributed by atoms with Crippen LogP contribution in [0.2, 0.25) is 5.15 Å². The second-order valence-corrected chi connectivity index (χ2v) is 8.71. The maximum absolute atomic E-state index is 13.3. The van der Waals surface area contributed by atoms with Gasteiger partial charge in [-0.2, -0.15) is 18.2 Å². The first-order valence-corrected chi connectivity index (χ1v) is 10.0. The van der Waals surface area contributed by atoms with Gasteiger partial charge in [0.15, 0.2) is 0 Å². The lowest BCUT2D eigenvalue weighted by molar-refractivity contribution is -0.136. The van der Waals surface area contributed by atoms with E-state index < -0.39 is 21.8 Å². The van der Waals surface area contributed by atoms with Crippen molar-refractivity contribution >= 4 is 38.6 Å². The quantitative estimate of drug-likeness (QED) is 0.782. The average Bonchev–Trinajstić information content (AvgIpc) is 2.86. The van der Waals surface area contributed by atoms with E-state index in [9.17, 15) is 21.6 Å². The number of halogens is 4. The number of sulfonamides is 1. The highest BCUT2D eigenvalue weighted by molar-refractivity contribution is 7.88. The van der Waals surface area contributed by atoms with E-state index in [2.05, 4.69) is 9.97 Å². The van der Waals surface area contributed by atoms with E-state index in [1.165, 1.54) is 8.87 Å². The van der Waals surface area contributed by atoms with Crippen LogP contribution in [0.1, 0.15) is 18.4 Å². The Kier molecular flexibility index (Phi) is 4.82. The molecule has 0 aliphatic carbocycles. The first-order chi connectivity index (χ1) is 12.0. The summed E-state index contributed by atoms with van der Waals surface area (Å²) in [5.74, 6) is -0.192. The Labute approximate surface area is 153 Å². The molecule has 2 aromatic rings. The summed E-state index contributed by atoms with van der Waals surface area (Å²) in [6.45, 7) is 0.941. The van der Waals surface area contributed by atoms with Crippen molar-refractivity contribution in [2.45, 2.75) is 25.6 Å². The molecule has 0 saturated carbocycles. The summed E-state index contributed by atoms with van der Waals surface area (Å²) in [6.07, 6.45) is -1.41. The van der Waals surface area contributed by atoms with Crippen molar-refractivity contribution in [2.75, 3.05) is 25.1 Å². The van der Waals surface area contributed by atoms with Crippen molar-refractivity contribution in [1.82, 2.24) is 18.8 Å². The molecule has 12 heteroatoms. The summed E-state index contributed by atoms with van der Waals surface area (Å²) < 4.78 is 65.9. The number of alkyl halides is 3. The van der Waals surface area contributed by atoms with E-state index in [0.717, 1.165) is 12.5 Å². The van der Waals surface area contributed by atoms with Crippen LogP contribution < -0.4 is 5.73 Å². The average molecular weight is 412 g/mol. The third kappa shape index (κ3) is 3.74. The number of nitrogen functional groups attached to an aromatic ring is 1. The number of anilines is 1. The number of fused-ring (bicyclic) bond motifs is 1. The molecule has 144 valence electrons.